The van der Waals surface area contributed by atoms with Crippen LogP contribution in [0.5, 0.6) is 5.75 Å². The monoisotopic (exact) mass is 377 g/mol. The Balaban J connectivity index is 0.00000338. The highest BCUT2D eigenvalue weighted by atomic mass is 35.5. The Morgan fingerprint density at radius 3 is 2.27 bits per heavy atom. The van der Waals surface area contributed by atoms with E-state index in [2.05, 4.69) is 10.6 Å². The minimum Gasteiger partial charge on any atom is -0.497 e. The summed E-state index contributed by atoms with van der Waals surface area (Å²) in [5.74, 6) is 0.147. The van der Waals surface area contributed by atoms with Gasteiger partial charge in [0.2, 0.25) is 11.8 Å². The van der Waals surface area contributed by atoms with Crippen molar-refractivity contribution in [2.45, 2.75) is 19.0 Å². The van der Waals surface area contributed by atoms with Gasteiger partial charge in [-0.3, -0.25) is 9.59 Å². The van der Waals surface area contributed by atoms with Crippen LogP contribution in [0.3, 0.4) is 0 Å². The van der Waals surface area contributed by atoms with Crippen LogP contribution < -0.4 is 21.1 Å². The zero-order valence-corrected chi connectivity index (χ0v) is 15.4. The molecule has 4 N–H and O–H groups in total. The van der Waals surface area contributed by atoms with E-state index < -0.39 is 6.04 Å². The van der Waals surface area contributed by atoms with Crippen LogP contribution in [0.2, 0.25) is 0 Å². The molecule has 0 aliphatic carbocycles. The molecule has 0 heterocycles. The maximum atomic E-state index is 12.0. The molecule has 2 amide bonds. The van der Waals surface area contributed by atoms with E-state index in [4.69, 9.17) is 10.5 Å². The van der Waals surface area contributed by atoms with Crippen LogP contribution >= 0.6 is 12.4 Å². The number of halogens is 1. The fraction of sp³-hybridized carbons (Fsp3) is 0.263. The Morgan fingerprint density at radius 1 is 1.00 bits per heavy atom. The van der Waals surface area contributed by atoms with Gasteiger partial charge in [0.1, 0.15) is 5.75 Å². The van der Waals surface area contributed by atoms with Gasteiger partial charge in [-0.15, -0.1) is 12.4 Å². The smallest absolute Gasteiger partial charge is 0.239 e. The lowest BCUT2D eigenvalue weighted by Gasteiger charge is -2.12. The third kappa shape index (κ3) is 7.13. The lowest BCUT2D eigenvalue weighted by molar-refractivity contribution is -0.126. The Kier molecular flexibility index (Phi) is 9.19. The number of hydrogen-bond acceptors (Lipinski definition) is 4. The summed E-state index contributed by atoms with van der Waals surface area (Å²) in [5, 5.41) is 5.31. The molecule has 0 aliphatic heterocycles. The van der Waals surface area contributed by atoms with Crippen molar-refractivity contribution in [2.75, 3.05) is 13.7 Å². The average molecular weight is 378 g/mol. The standard InChI is InChI=1S/C19H23N3O3.ClH/c1-25-16-9-7-15(8-10-16)12-21-18(23)13-22-19(24)17(20)11-14-5-3-2-4-6-14;/h2-10,17H,11-13,20H2,1H3,(H,21,23)(H,22,24);1H/t17-;/m0./s1. The number of amides is 2. The maximum Gasteiger partial charge on any atom is 0.239 e. The highest BCUT2D eigenvalue weighted by molar-refractivity contribution is 5.87. The van der Waals surface area contributed by atoms with Gasteiger partial charge in [-0.2, -0.15) is 0 Å². The highest BCUT2D eigenvalue weighted by Crippen LogP contribution is 2.10. The molecule has 2 rings (SSSR count). The van der Waals surface area contributed by atoms with E-state index >= 15 is 0 Å². The molecule has 6 nitrogen and oxygen atoms in total. The minimum atomic E-state index is -0.684. The minimum absolute atomic E-state index is 0. The van der Waals surface area contributed by atoms with Crippen LogP contribution in [-0.4, -0.2) is 31.5 Å². The van der Waals surface area contributed by atoms with Crippen molar-refractivity contribution in [2.24, 2.45) is 5.73 Å². The van der Waals surface area contributed by atoms with Gasteiger partial charge in [0, 0.05) is 6.54 Å². The zero-order chi connectivity index (χ0) is 18.1. The number of hydrogen-bond donors (Lipinski definition) is 3. The van der Waals surface area contributed by atoms with E-state index in [0.717, 1.165) is 16.9 Å². The van der Waals surface area contributed by atoms with Gasteiger partial charge < -0.3 is 21.1 Å². The number of nitrogens with two attached hydrogens (primary N) is 1. The molecule has 0 bridgehead atoms. The third-order valence-corrected chi connectivity index (χ3v) is 3.71. The van der Waals surface area contributed by atoms with Crippen molar-refractivity contribution in [3.05, 3.63) is 65.7 Å². The first-order valence-electron chi connectivity index (χ1n) is 8.05. The van der Waals surface area contributed by atoms with Crippen LogP contribution in [0.25, 0.3) is 0 Å². The van der Waals surface area contributed by atoms with Crippen LogP contribution in [0.4, 0.5) is 0 Å². The van der Waals surface area contributed by atoms with E-state index in [1.165, 1.54) is 0 Å². The van der Waals surface area contributed by atoms with Crippen LogP contribution in [0, 0.1) is 0 Å². The predicted molar refractivity (Wildman–Crippen MR) is 103 cm³/mol. The van der Waals surface area contributed by atoms with E-state index in [0.29, 0.717) is 13.0 Å². The number of rotatable bonds is 8. The molecule has 0 fully saturated rings. The van der Waals surface area contributed by atoms with E-state index in [9.17, 15) is 9.59 Å². The number of carbonyl (C=O) groups is 2. The van der Waals surface area contributed by atoms with Gasteiger partial charge >= 0.3 is 0 Å². The topological polar surface area (TPSA) is 93.5 Å². The van der Waals surface area contributed by atoms with Gasteiger partial charge in [-0.1, -0.05) is 42.5 Å². The van der Waals surface area contributed by atoms with Crippen molar-refractivity contribution < 1.29 is 14.3 Å². The first-order chi connectivity index (χ1) is 12.1. The Morgan fingerprint density at radius 2 is 1.65 bits per heavy atom. The summed E-state index contributed by atoms with van der Waals surface area (Å²) in [6.45, 7) is 0.284. The first kappa shape index (κ1) is 21.5. The summed E-state index contributed by atoms with van der Waals surface area (Å²) in [6.07, 6.45) is 0.431. The summed E-state index contributed by atoms with van der Waals surface area (Å²) in [6, 6.07) is 16.2. The van der Waals surface area contributed by atoms with E-state index in [1.807, 2.05) is 54.6 Å². The molecule has 0 spiro atoms. The molecular weight excluding hydrogens is 354 g/mol. The molecular formula is C19H24ClN3O3. The van der Waals surface area contributed by atoms with Crippen LogP contribution in [0.1, 0.15) is 11.1 Å². The number of nitrogens with one attached hydrogen (secondary N) is 2. The molecule has 0 aromatic heterocycles. The maximum absolute atomic E-state index is 12.0. The van der Waals surface area contributed by atoms with Crippen molar-refractivity contribution in [1.29, 1.82) is 0 Å². The predicted octanol–water partition coefficient (Wildman–Crippen LogP) is 1.42. The molecule has 0 aliphatic rings. The molecule has 0 saturated carbocycles. The number of ether oxygens (including phenoxy) is 1. The SMILES string of the molecule is COc1ccc(CNC(=O)CNC(=O)[C@@H](N)Cc2ccccc2)cc1.Cl. The Hall–Kier alpha value is -2.57. The van der Waals surface area contributed by atoms with Crippen molar-refractivity contribution in [3.8, 4) is 5.75 Å². The second kappa shape index (κ2) is 11.1. The summed E-state index contributed by atoms with van der Waals surface area (Å²) in [5.41, 5.74) is 7.80. The quantitative estimate of drug-likeness (QED) is 0.648. The Bertz CT molecular complexity index is 693. The Labute approximate surface area is 159 Å². The van der Waals surface area contributed by atoms with Gasteiger partial charge in [0.05, 0.1) is 19.7 Å². The molecule has 0 unspecified atom stereocenters. The average Bonchev–Trinajstić information content (AvgIpc) is 2.65. The van der Waals surface area contributed by atoms with Gasteiger partial charge in [-0.05, 0) is 29.7 Å². The van der Waals surface area contributed by atoms with E-state index in [1.54, 1.807) is 7.11 Å². The summed E-state index contributed by atoms with van der Waals surface area (Å²) >= 11 is 0. The second-order valence-corrected chi connectivity index (χ2v) is 5.64. The number of carbonyl (C=O) groups excluding carboxylic acids is 2. The number of benzene rings is 2. The van der Waals surface area contributed by atoms with Gasteiger partial charge in [0.15, 0.2) is 0 Å². The fourth-order valence-electron chi connectivity index (χ4n) is 2.27. The molecule has 26 heavy (non-hydrogen) atoms. The first-order valence-corrected chi connectivity index (χ1v) is 8.05. The van der Waals surface area contributed by atoms with Gasteiger partial charge in [-0.25, -0.2) is 0 Å². The molecule has 1 atom stereocenters. The fourth-order valence-corrected chi connectivity index (χ4v) is 2.27. The van der Waals surface area contributed by atoms with Crippen LogP contribution in [0.15, 0.2) is 54.6 Å². The van der Waals surface area contributed by atoms with Crippen molar-refractivity contribution in [3.63, 3.8) is 0 Å². The largest absolute Gasteiger partial charge is 0.497 e. The second-order valence-electron chi connectivity index (χ2n) is 5.64. The molecule has 140 valence electrons. The molecule has 2 aromatic rings. The zero-order valence-electron chi connectivity index (χ0n) is 14.6. The summed E-state index contributed by atoms with van der Waals surface area (Å²) in [4.78, 5) is 23.8. The third-order valence-electron chi connectivity index (χ3n) is 3.71. The molecule has 2 aromatic carbocycles. The summed E-state index contributed by atoms with van der Waals surface area (Å²) in [7, 11) is 1.60. The number of methoxy groups -OCH3 is 1. The van der Waals surface area contributed by atoms with E-state index in [-0.39, 0.29) is 30.8 Å². The molecule has 0 saturated heterocycles. The lowest BCUT2D eigenvalue weighted by Crippen LogP contribution is -2.45. The summed E-state index contributed by atoms with van der Waals surface area (Å²) < 4.78 is 5.08. The normalized spacial score (nSPS) is 11.0. The molecule has 7 heteroatoms. The van der Waals surface area contributed by atoms with Crippen molar-refractivity contribution >= 4 is 24.2 Å². The highest BCUT2D eigenvalue weighted by Gasteiger charge is 2.14. The van der Waals surface area contributed by atoms with Crippen molar-refractivity contribution in [1.82, 2.24) is 10.6 Å². The molecule has 0 radical (unpaired) electrons. The van der Waals surface area contributed by atoms with Crippen LogP contribution in [-0.2, 0) is 22.6 Å². The lowest BCUT2D eigenvalue weighted by atomic mass is 10.1. The van der Waals surface area contributed by atoms with Gasteiger partial charge in [0.25, 0.3) is 0 Å².